The van der Waals surface area contributed by atoms with Crippen molar-refractivity contribution in [2.24, 2.45) is 0 Å². The first-order chi connectivity index (χ1) is 7.08. The predicted molar refractivity (Wildman–Crippen MR) is 53.8 cm³/mol. The number of aryl methyl sites for hydroxylation is 1. The minimum absolute atomic E-state index is 0.377. The van der Waals surface area contributed by atoms with Crippen molar-refractivity contribution >= 4 is 27.2 Å². The number of aromatic nitrogens is 4. The highest BCUT2D eigenvalue weighted by molar-refractivity contribution is 9.10. The monoisotopic (exact) mass is 276 g/mol. The summed E-state index contributed by atoms with van der Waals surface area (Å²) in [6.45, 7) is 1.24. The summed E-state index contributed by atoms with van der Waals surface area (Å²) >= 11 is 3.14. The second kappa shape index (κ2) is 3.80. The molecule has 0 aliphatic carbocycles. The summed E-state index contributed by atoms with van der Waals surface area (Å²) in [7, 11) is 0. The van der Waals surface area contributed by atoms with Crippen LogP contribution in [0.4, 0.5) is 8.78 Å². The van der Waals surface area contributed by atoms with E-state index >= 15 is 0 Å². The summed E-state index contributed by atoms with van der Waals surface area (Å²) in [6, 6.07) is 0. The lowest BCUT2D eigenvalue weighted by atomic mass is 10.5. The van der Waals surface area contributed by atoms with E-state index in [1.165, 1.54) is 10.8 Å². The van der Waals surface area contributed by atoms with Gasteiger partial charge in [-0.15, -0.1) is 0 Å². The summed E-state index contributed by atoms with van der Waals surface area (Å²) < 4.78 is 26.5. The second-order valence-electron chi connectivity index (χ2n) is 3.00. The lowest BCUT2D eigenvalue weighted by Crippen LogP contribution is -2.08. The average molecular weight is 277 g/mol. The number of hydrogen-bond donors (Lipinski definition) is 0. The quantitative estimate of drug-likeness (QED) is 0.844. The Labute approximate surface area is 92.5 Å². The third-order valence-electron chi connectivity index (χ3n) is 1.94. The zero-order valence-corrected chi connectivity index (χ0v) is 9.37. The van der Waals surface area contributed by atoms with Crippen LogP contribution in [-0.4, -0.2) is 25.9 Å². The zero-order chi connectivity index (χ0) is 11.0. The van der Waals surface area contributed by atoms with Gasteiger partial charge in [-0.2, -0.15) is 0 Å². The normalized spacial score (nSPS) is 11.5. The van der Waals surface area contributed by atoms with Gasteiger partial charge in [-0.25, -0.2) is 23.7 Å². The molecule has 0 fully saturated rings. The van der Waals surface area contributed by atoms with Crippen LogP contribution in [0.5, 0.6) is 0 Å². The van der Waals surface area contributed by atoms with Crippen molar-refractivity contribution in [3.8, 4) is 0 Å². The Balaban J connectivity index is 2.60. The van der Waals surface area contributed by atoms with Crippen LogP contribution in [-0.2, 0) is 6.54 Å². The van der Waals surface area contributed by atoms with E-state index in [1.54, 1.807) is 6.92 Å². The van der Waals surface area contributed by atoms with Gasteiger partial charge in [0.25, 0.3) is 6.43 Å². The molecule has 2 rings (SSSR count). The van der Waals surface area contributed by atoms with E-state index in [9.17, 15) is 8.78 Å². The van der Waals surface area contributed by atoms with E-state index in [0.717, 1.165) is 0 Å². The molecule has 15 heavy (non-hydrogen) atoms. The SMILES string of the molecule is Cc1nc2ncc(Br)nc2n1CC(F)F. The Morgan fingerprint density at radius 1 is 1.47 bits per heavy atom. The number of rotatable bonds is 2. The molecule has 0 aromatic carbocycles. The van der Waals surface area contributed by atoms with Gasteiger partial charge in [-0.3, -0.25) is 0 Å². The van der Waals surface area contributed by atoms with Crippen molar-refractivity contribution in [1.29, 1.82) is 0 Å². The van der Waals surface area contributed by atoms with Gasteiger partial charge in [0.05, 0.1) is 12.7 Å². The van der Waals surface area contributed by atoms with E-state index in [1.807, 2.05) is 0 Å². The average Bonchev–Trinajstić information content (AvgIpc) is 2.43. The molecule has 0 radical (unpaired) electrons. The van der Waals surface area contributed by atoms with E-state index in [-0.39, 0.29) is 0 Å². The molecule has 80 valence electrons. The van der Waals surface area contributed by atoms with Gasteiger partial charge < -0.3 is 4.57 Å². The van der Waals surface area contributed by atoms with Gasteiger partial charge in [0.1, 0.15) is 10.4 Å². The van der Waals surface area contributed by atoms with Gasteiger partial charge in [0, 0.05) is 0 Å². The molecule has 2 aromatic heterocycles. The first kappa shape index (κ1) is 10.4. The first-order valence-electron chi connectivity index (χ1n) is 4.21. The van der Waals surface area contributed by atoms with Crippen molar-refractivity contribution < 1.29 is 8.78 Å². The van der Waals surface area contributed by atoms with E-state index < -0.39 is 13.0 Å². The summed E-state index contributed by atoms with van der Waals surface area (Å²) in [5.74, 6) is 0.489. The Morgan fingerprint density at radius 3 is 2.87 bits per heavy atom. The third-order valence-corrected chi connectivity index (χ3v) is 2.32. The fraction of sp³-hybridized carbons (Fsp3) is 0.375. The minimum Gasteiger partial charge on any atom is -0.306 e. The summed E-state index contributed by atoms with van der Waals surface area (Å²) in [5, 5.41) is 0. The van der Waals surface area contributed by atoms with Crippen molar-refractivity contribution in [2.45, 2.75) is 19.9 Å². The highest BCUT2D eigenvalue weighted by Gasteiger charge is 2.13. The standard InChI is InChI=1S/C8H7BrF2N4/c1-4-13-7-8(14-5(9)2-12-7)15(4)3-6(10)11/h2,6H,3H2,1H3. The molecule has 0 spiro atoms. The Bertz CT molecular complexity index is 497. The molecule has 0 amide bonds. The molecule has 0 saturated carbocycles. The fourth-order valence-electron chi connectivity index (χ4n) is 1.34. The smallest absolute Gasteiger partial charge is 0.256 e. The number of alkyl halides is 2. The molecule has 0 atom stereocenters. The van der Waals surface area contributed by atoms with E-state index in [0.29, 0.717) is 21.7 Å². The summed E-state index contributed by atoms with van der Waals surface area (Å²) in [5.41, 5.74) is 0.763. The Hall–Kier alpha value is -1.11. The molecule has 0 aliphatic heterocycles. The molecule has 0 saturated heterocycles. The zero-order valence-electron chi connectivity index (χ0n) is 7.78. The molecular formula is C8H7BrF2N4. The van der Waals surface area contributed by atoms with Crippen molar-refractivity contribution in [2.75, 3.05) is 0 Å². The lowest BCUT2D eigenvalue weighted by molar-refractivity contribution is 0.127. The Morgan fingerprint density at radius 2 is 2.20 bits per heavy atom. The van der Waals surface area contributed by atoms with Crippen LogP contribution >= 0.6 is 15.9 Å². The molecule has 0 aliphatic rings. The number of fused-ring (bicyclic) bond motifs is 1. The summed E-state index contributed by atoms with van der Waals surface area (Å²) in [6.07, 6.45) is -0.941. The van der Waals surface area contributed by atoms with Gasteiger partial charge in [-0.05, 0) is 22.9 Å². The van der Waals surface area contributed by atoms with Crippen LogP contribution in [0.2, 0.25) is 0 Å². The predicted octanol–water partition coefficient (Wildman–Crippen LogP) is 2.16. The third kappa shape index (κ3) is 1.97. The van der Waals surface area contributed by atoms with Crippen LogP contribution in [0.3, 0.4) is 0 Å². The highest BCUT2D eigenvalue weighted by atomic mass is 79.9. The minimum atomic E-state index is -2.43. The molecular weight excluding hydrogens is 270 g/mol. The first-order valence-corrected chi connectivity index (χ1v) is 5.01. The van der Waals surface area contributed by atoms with Gasteiger partial charge in [-0.1, -0.05) is 0 Å². The summed E-state index contributed by atoms with van der Waals surface area (Å²) in [4.78, 5) is 12.1. The van der Waals surface area contributed by atoms with Crippen molar-refractivity contribution in [3.05, 3.63) is 16.6 Å². The number of halogens is 3. The van der Waals surface area contributed by atoms with Gasteiger partial charge >= 0.3 is 0 Å². The number of nitrogens with zero attached hydrogens (tertiary/aromatic N) is 4. The molecule has 2 aromatic rings. The maximum atomic E-state index is 12.3. The lowest BCUT2D eigenvalue weighted by Gasteiger charge is -2.04. The largest absolute Gasteiger partial charge is 0.306 e. The van der Waals surface area contributed by atoms with Crippen molar-refractivity contribution in [3.63, 3.8) is 0 Å². The van der Waals surface area contributed by atoms with Crippen LogP contribution < -0.4 is 0 Å². The molecule has 2 heterocycles. The van der Waals surface area contributed by atoms with Gasteiger partial charge in [0.2, 0.25) is 0 Å². The van der Waals surface area contributed by atoms with E-state index in [4.69, 9.17) is 0 Å². The van der Waals surface area contributed by atoms with Gasteiger partial charge in [0.15, 0.2) is 11.3 Å². The van der Waals surface area contributed by atoms with E-state index in [2.05, 4.69) is 30.9 Å². The van der Waals surface area contributed by atoms with Crippen LogP contribution in [0.25, 0.3) is 11.3 Å². The molecule has 4 nitrogen and oxygen atoms in total. The molecule has 0 N–H and O–H groups in total. The molecule has 7 heteroatoms. The highest BCUT2D eigenvalue weighted by Crippen LogP contribution is 2.15. The van der Waals surface area contributed by atoms with Crippen LogP contribution in [0, 0.1) is 6.92 Å². The Kier molecular flexibility index (Phi) is 2.64. The molecule has 0 bridgehead atoms. The number of hydrogen-bond acceptors (Lipinski definition) is 3. The van der Waals surface area contributed by atoms with Crippen LogP contribution in [0.15, 0.2) is 10.8 Å². The molecule has 0 unspecified atom stereocenters. The maximum absolute atomic E-state index is 12.3. The topological polar surface area (TPSA) is 43.6 Å². The van der Waals surface area contributed by atoms with Crippen LogP contribution in [0.1, 0.15) is 5.82 Å². The number of imidazole rings is 1. The maximum Gasteiger partial charge on any atom is 0.256 e. The second-order valence-corrected chi connectivity index (χ2v) is 3.81. The fourth-order valence-corrected chi connectivity index (χ4v) is 1.61. The van der Waals surface area contributed by atoms with Crippen molar-refractivity contribution in [1.82, 2.24) is 19.5 Å².